The minimum atomic E-state index is -1.14. The second kappa shape index (κ2) is 5.72. The van der Waals surface area contributed by atoms with Crippen LogP contribution in [0, 0.1) is 0 Å². The molecule has 18 heavy (non-hydrogen) atoms. The van der Waals surface area contributed by atoms with Crippen molar-refractivity contribution in [3.05, 3.63) is 0 Å². The second-order valence-electron chi connectivity index (χ2n) is 4.39. The molecule has 0 amide bonds. The van der Waals surface area contributed by atoms with Gasteiger partial charge in [0.25, 0.3) is 0 Å². The Bertz CT molecular complexity index is 327. The number of aliphatic hydroxyl groups excluding tert-OH is 4. The maximum Gasteiger partial charge on any atom is 0.159 e. The van der Waals surface area contributed by atoms with Crippen molar-refractivity contribution in [3.8, 4) is 0 Å². The third-order valence-electron chi connectivity index (χ3n) is 2.99. The Morgan fingerprint density at radius 1 is 1.44 bits per heavy atom. The number of ether oxygens (including phenoxy) is 1. The van der Waals surface area contributed by atoms with Gasteiger partial charge < -0.3 is 30.5 Å². The van der Waals surface area contributed by atoms with Crippen LogP contribution in [0.1, 0.15) is 6.92 Å². The Morgan fingerprint density at radius 2 is 2.17 bits per heavy atom. The molecule has 0 radical (unpaired) electrons. The summed E-state index contributed by atoms with van der Waals surface area (Å²) in [6, 6.07) is -0.461. The summed E-state index contributed by atoms with van der Waals surface area (Å²) in [6.45, 7) is 1.73. The van der Waals surface area contributed by atoms with Crippen LogP contribution in [0.15, 0.2) is 4.99 Å². The molecule has 0 saturated carbocycles. The van der Waals surface area contributed by atoms with Gasteiger partial charge in [-0.05, 0) is 6.92 Å². The van der Waals surface area contributed by atoms with Gasteiger partial charge in [-0.3, -0.25) is 4.99 Å². The van der Waals surface area contributed by atoms with Crippen molar-refractivity contribution in [3.63, 3.8) is 0 Å². The van der Waals surface area contributed by atoms with Gasteiger partial charge in [-0.1, -0.05) is 11.8 Å². The lowest BCUT2D eigenvalue weighted by atomic mass is 9.95. The topological polar surface area (TPSA) is 115 Å². The molecule has 2 fully saturated rings. The van der Waals surface area contributed by atoms with Crippen LogP contribution < -0.4 is 5.32 Å². The van der Waals surface area contributed by atoms with Gasteiger partial charge in [-0.2, -0.15) is 0 Å². The number of thioether (sulfide) groups is 1. The Balaban J connectivity index is 2.07. The van der Waals surface area contributed by atoms with E-state index in [1.807, 2.05) is 0 Å². The smallest absolute Gasteiger partial charge is 0.159 e. The molecular weight excluding hydrogens is 260 g/mol. The van der Waals surface area contributed by atoms with E-state index in [0.717, 1.165) is 0 Å². The van der Waals surface area contributed by atoms with E-state index in [-0.39, 0.29) is 13.2 Å². The summed E-state index contributed by atoms with van der Waals surface area (Å²) in [5.74, 6) is 0. The lowest BCUT2D eigenvalue weighted by Crippen LogP contribution is -2.61. The first kappa shape index (κ1) is 14.0. The average molecular weight is 278 g/mol. The van der Waals surface area contributed by atoms with Gasteiger partial charge in [0.1, 0.15) is 23.7 Å². The standard InChI is InChI=1S/C10H18N2O5S/c1-4(14)8-7(16)6(15)5-9(17-8)18-10(12-5)11-2-3-13/h4-9,13-16H,2-3H2,1H3,(H,11,12)/t4?,5-,6-,7+,8-,9-/m1/s1. The molecule has 2 aliphatic heterocycles. The van der Waals surface area contributed by atoms with Gasteiger partial charge in [0.2, 0.25) is 0 Å². The van der Waals surface area contributed by atoms with Crippen LogP contribution in [0.2, 0.25) is 0 Å². The monoisotopic (exact) mass is 278 g/mol. The quantitative estimate of drug-likeness (QED) is 0.400. The first-order valence-corrected chi connectivity index (χ1v) is 6.70. The van der Waals surface area contributed by atoms with E-state index >= 15 is 0 Å². The van der Waals surface area contributed by atoms with Crippen LogP contribution in [0.3, 0.4) is 0 Å². The van der Waals surface area contributed by atoms with Crippen LogP contribution in [0.5, 0.6) is 0 Å². The van der Waals surface area contributed by atoms with Crippen molar-refractivity contribution in [2.75, 3.05) is 13.2 Å². The van der Waals surface area contributed by atoms with E-state index in [4.69, 9.17) is 9.84 Å². The molecule has 0 aromatic carbocycles. The van der Waals surface area contributed by atoms with Crippen molar-refractivity contribution in [2.45, 2.75) is 42.8 Å². The number of hydrogen-bond acceptors (Lipinski definition) is 7. The maximum absolute atomic E-state index is 9.99. The number of nitrogens with zero attached hydrogens (tertiary/aromatic N) is 1. The Hall–Kier alpha value is -0.380. The third-order valence-corrected chi connectivity index (χ3v) is 4.09. The zero-order valence-electron chi connectivity index (χ0n) is 9.93. The lowest BCUT2D eigenvalue weighted by molar-refractivity contribution is -0.184. The number of amidine groups is 1. The highest BCUT2D eigenvalue weighted by Crippen LogP contribution is 2.34. The second-order valence-corrected chi connectivity index (χ2v) is 5.48. The molecule has 2 aliphatic rings. The first-order valence-electron chi connectivity index (χ1n) is 5.82. The highest BCUT2D eigenvalue weighted by Gasteiger charge is 2.50. The summed E-state index contributed by atoms with van der Waals surface area (Å²) in [6.07, 6.45) is -3.85. The number of fused-ring (bicyclic) bond motifs is 1. The van der Waals surface area contributed by atoms with Gasteiger partial charge >= 0.3 is 0 Å². The number of nitrogens with one attached hydrogen (secondary N) is 1. The number of aliphatic hydroxyl groups is 4. The molecule has 8 heteroatoms. The molecule has 2 saturated heterocycles. The third kappa shape index (κ3) is 2.63. The molecule has 2 rings (SSSR count). The van der Waals surface area contributed by atoms with Crippen molar-refractivity contribution in [1.29, 1.82) is 0 Å². The van der Waals surface area contributed by atoms with E-state index in [1.54, 1.807) is 0 Å². The summed E-state index contributed by atoms with van der Waals surface area (Å²) in [4.78, 5) is 4.08. The zero-order chi connectivity index (χ0) is 13.3. The molecule has 0 spiro atoms. The average Bonchev–Trinajstić information content (AvgIpc) is 2.74. The summed E-state index contributed by atoms with van der Waals surface area (Å²) >= 11 is 1.28. The number of hydrogen-bond donors (Lipinski definition) is 5. The molecule has 1 unspecified atom stereocenters. The van der Waals surface area contributed by atoms with Crippen LogP contribution in [0.25, 0.3) is 0 Å². The molecule has 0 aromatic rings. The van der Waals surface area contributed by atoms with Crippen molar-refractivity contribution < 1.29 is 25.2 Å². The summed E-state index contributed by atoms with van der Waals surface area (Å²) in [7, 11) is 0. The molecule has 2 heterocycles. The van der Waals surface area contributed by atoms with Gasteiger partial charge in [0, 0.05) is 0 Å². The van der Waals surface area contributed by atoms with Crippen LogP contribution >= 0.6 is 11.8 Å². The summed E-state index contributed by atoms with van der Waals surface area (Å²) in [5.41, 5.74) is -0.402. The largest absolute Gasteiger partial charge is 0.394 e. The first-order chi connectivity index (χ1) is 8.54. The highest BCUT2D eigenvalue weighted by atomic mass is 32.2. The zero-order valence-corrected chi connectivity index (χ0v) is 10.7. The molecule has 0 aliphatic carbocycles. The highest BCUT2D eigenvalue weighted by molar-refractivity contribution is 8.14. The van der Waals surface area contributed by atoms with Crippen molar-refractivity contribution in [2.24, 2.45) is 4.99 Å². The molecule has 7 nitrogen and oxygen atoms in total. The van der Waals surface area contributed by atoms with E-state index in [9.17, 15) is 15.3 Å². The van der Waals surface area contributed by atoms with Crippen molar-refractivity contribution in [1.82, 2.24) is 5.32 Å². The van der Waals surface area contributed by atoms with Gasteiger partial charge in [-0.25, -0.2) is 0 Å². The van der Waals surface area contributed by atoms with Crippen LogP contribution in [-0.2, 0) is 4.74 Å². The van der Waals surface area contributed by atoms with E-state index in [0.29, 0.717) is 5.17 Å². The SMILES string of the molecule is CC(O)[C@H]1O[C@@H]2SC(=NCCO)N[C@@H]2[C@@H](O)[C@@H]1O. The Kier molecular flexibility index (Phi) is 4.46. The summed E-state index contributed by atoms with van der Waals surface area (Å²) in [5, 5.41) is 41.6. The maximum atomic E-state index is 9.99. The number of rotatable bonds is 3. The van der Waals surface area contributed by atoms with E-state index in [1.165, 1.54) is 18.7 Å². The fourth-order valence-corrected chi connectivity index (χ4v) is 3.21. The minimum Gasteiger partial charge on any atom is -0.394 e. The summed E-state index contributed by atoms with van der Waals surface area (Å²) < 4.78 is 5.56. The molecule has 0 bridgehead atoms. The molecule has 0 aromatic heterocycles. The fourth-order valence-electron chi connectivity index (χ4n) is 2.06. The van der Waals surface area contributed by atoms with E-state index < -0.39 is 35.9 Å². The Labute approximate surface area is 109 Å². The molecule has 6 atom stereocenters. The van der Waals surface area contributed by atoms with E-state index in [2.05, 4.69) is 10.3 Å². The normalized spacial score (nSPS) is 43.6. The molecule has 104 valence electrons. The predicted molar refractivity (Wildman–Crippen MR) is 66.3 cm³/mol. The van der Waals surface area contributed by atoms with Crippen molar-refractivity contribution >= 4 is 16.9 Å². The molecular formula is C10H18N2O5S. The Morgan fingerprint density at radius 3 is 2.78 bits per heavy atom. The minimum absolute atomic E-state index is 0.0522. The lowest BCUT2D eigenvalue weighted by Gasteiger charge is -2.40. The predicted octanol–water partition coefficient (Wildman–Crippen LogP) is -2.13. The van der Waals surface area contributed by atoms with Crippen LogP contribution in [-0.4, -0.2) is 74.6 Å². The van der Waals surface area contributed by atoms with Crippen LogP contribution in [0.4, 0.5) is 0 Å². The number of aliphatic imine (C=N–C) groups is 1. The fraction of sp³-hybridized carbons (Fsp3) is 0.900. The van der Waals surface area contributed by atoms with Gasteiger partial charge in [0.05, 0.1) is 25.3 Å². The molecule has 5 N–H and O–H groups in total. The van der Waals surface area contributed by atoms with Gasteiger partial charge in [-0.15, -0.1) is 0 Å². The van der Waals surface area contributed by atoms with Gasteiger partial charge in [0.15, 0.2) is 5.17 Å².